The van der Waals surface area contributed by atoms with Crippen LogP contribution in [0, 0.1) is 0 Å². The van der Waals surface area contributed by atoms with Crippen molar-refractivity contribution >= 4 is 34.1 Å². The minimum Gasteiger partial charge on any atom is -0.310 e. The molecule has 0 N–H and O–H groups in total. The average Bonchev–Trinajstić information content (AvgIpc) is 0.732. The van der Waals surface area contributed by atoms with E-state index in [0.717, 1.165) is 101 Å². The first-order chi connectivity index (χ1) is 49.1. The maximum absolute atomic E-state index is 2.42. The summed E-state index contributed by atoms with van der Waals surface area (Å²) in [6, 6.07) is 155. The van der Waals surface area contributed by atoms with Crippen LogP contribution in [0.4, 0.5) is 34.1 Å². The number of anilines is 6. The molecule has 2 nitrogen and oxygen atoms in total. The van der Waals surface area contributed by atoms with Crippen molar-refractivity contribution < 1.29 is 0 Å². The Hall–Kier alpha value is -12.9. The zero-order chi connectivity index (χ0) is 66.2. The highest BCUT2D eigenvalue weighted by Crippen LogP contribution is 2.49. The van der Waals surface area contributed by atoms with Crippen LogP contribution in [0.3, 0.4) is 0 Å². The van der Waals surface area contributed by atoms with Gasteiger partial charge in [-0.2, -0.15) is 0 Å². The number of rotatable bonds is 18. The van der Waals surface area contributed by atoms with Crippen molar-refractivity contribution in [1.82, 2.24) is 0 Å². The monoisotopic (exact) mass is 1260 g/mol. The second-order valence-corrected chi connectivity index (χ2v) is 25.2. The molecule has 0 aliphatic rings. The van der Waals surface area contributed by atoms with Crippen LogP contribution in [-0.4, -0.2) is 0 Å². The standard InChI is InChI=1S/C97H70N2/c1-7-27-71(28-8-1)75-35-19-39-79(63-75)83-43-23-51-93(67-83)98(94-52-24-44-84(68-94)80-40-20-36-76(64-80)72-29-9-2-10-30-72)91-59-55-89(56-60-91)97(87-47-15-5-16-48-87,88-49-17-6-18-50-88)90-57-61-92(62-58-90)99(95-53-25-45-85(69-95)81-41-21-37-77(65-81)73-31-11-3-12-32-73)96-54-26-46-86(70-96)82-42-22-38-78(66-82)74-33-13-4-14-34-74/h1-70H. The lowest BCUT2D eigenvalue weighted by molar-refractivity contribution is 0.745. The first-order valence-corrected chi connectivity index (χ1v) is 34.0. The van der Waals surface area contributed by atoms with Gasteiger partial charge in [0.25, 0.3) is 0 Å². The van der Waals surface area contributed by atoms with Crippen LogP contribution in [0.5, 0.6) is 0 Å². The fraction of sp³-hybridized carbons (Fsp3) is 0.0103. The first-order valence-electron chi connectivity index (χ1n) is 34.0. The lowest BCUT2D eigenvalue weighted by atomic mass is 9.65. The average molecular weight is 1260 g/mol. The number of benzene rings is 16. The number of hydrogen-bond donors (Lipinski definition) is 0. The number of hydrogen-bond acceptors (Lipinski definition) is 2. The molecule has 0 saturated carbocycles. The molecule has 0 aliphatic heterocycles. The molecule has 0 amide bonds. The van der Waals surface area contributed by atoms with Gasteiger partial charge < -0.3 is 9.80 Å². The molecule has 16 aromatic carbocycles. The second kappa shape index (κ2) is 27.8. The van der Waals surface area contributed by atoms with E-state index in [1.807, 2.05) is 0 Å². The van der Waals surface area contributed by atoms with Crippen molar-refractivity contribution in [1.29, 1.82) is 0 Å². The molecule has 0 spiro atoms. The Kier molecular flexibility index (Phi) is 17.2. The Morgan fingerprint density at radius 3 is 0.525 bits per heavy atom. The molecular formula is C97H70N2. The summed E-state index contributed by atoms with van der Waals surface area (Å²) in [5, 5.41) is 0. The predicted molar refractivity (Wildman–Crippen MR) is 418 cm³/mol. The van der Waals surface area contributed by atoms with Gasteiger partial charge in [-0.3, -0.25) is 0 Å². The molecule has 0 aromatic heterocycles. The quantitative estimate of drug-likeness (QED) is 0.0790. The highest BCUT2D eigenvalue weighted by atomic mass is 15.1. The summed E-state index contributed by atoms with van der Waals surface area (Å²) < 4.78 is 0. The largest absolute Gasteiger partial charge is 0.310 e. The van der Waals surface area contributed by atoms with E-state index in [9.17, 15) is 0 Å². The normalized spacial score (nSPS) is 11.2. The lowest BCUT2D eigenvalue weighted by Gasteiger charge is -2.37. The molecule has 16 rings (SSSR count). The third-order valence-electron chi connectivity index (χ3n) is 19.2. The zero-order valence-electron chi connectivity index (χ0n) is 54.8. The van der Waals surface area contributed by atoms with Gasteiger partial charge in [0, 0.05) is 34.1 Å². The third kappa shape index (κ3) is 12.7. The van der Waals surface area contributed by atoms with Gasteiger partial charge in [-0.25, -0.2) is 0 Å². The summed E-state index contributed by atoms with van der Waals surface area (Å²) in [5.41, 5.74) is 28.8. The van der Waals surface area contributed by atoms with Crippen LogP contribution >= 0.6 is 0 Å². The molecule has 99 heavy (non-hydrogen) atoms. The van der Waals surface area contributed by atoms with Crippen LogP contribution in [-0.2, 0) is 5.41 Å². The topological polar surface area (TPSA) is 6.48 Å². The lowest BCUT2D eigenvalue weighted by Crippen LogP contribution is -2.31. The predicted octanol–water partition coefficient (Wildman–Crippen LogP) is 26.3. The molecule has 0 radical (unpaired) electrons. The van der Waals surface area contributed by atoms with Crippen molar-refractivity contribution in [2.24, 2.45) is 0 Å². The minimum atomic E-state index is -0.754. The first kappa shape index (κ1) is 61.0. The van der Waals surface area contributed by atoms with Gasteiger partial charge in [0.15, 0.2) is 0 Å². The maximum atomic E-state index is 2.42. The number of nitrogens with zero attached hydrogens (tertiary/aromatic N) is 2. The Morgan fingerprint density at radius 1 is 0.121 bits per heavy atom. The molecular weight excluding hydrogens is 1190 g/mol. The molecule has 468 valence electrons. The van der Waals surface area contributed by atoms with Crippen molar-refractivity contribution in [2.75, 3.05) is 9.80 Å². The van der Waals surface area contributed by atoms with E-state index in [2.05, 4.69) is 434 Å². The fourth-order valence-corrected chi connectivity index (χ4v) is 14.3. The van der Waals surface area contributed by atoms with E-state index in [4.69, 9.17) is 0 Å². The van der Waals surface area contributed by atoms with Gasteiger partial charge in [-0.1, -0.05) is 328 Å². The molecule has 0 fully saturated rings. The third-order valence-corrected chi connectivity index (χ3v) is 19.2. The molecule has 0 bridgehead atoms. The smallest absolute Gasteiger partial charge is 0.0701 e. The van der Waals surface area contributed by atoms with E-state index in [1.165, 1.54) is 44.5 Å². The van der Waals surface area contributed by atoms with Gasteiger partial charge in [0.05, 0.1) is 5.41 Å². The van der Waals surface area contributed by atoms with E-state index in [-0.39, 0.29) is 0 Å². The van der Waals surface area contributed by atoms with Crippen LogP contribution in [0.2, 0.25) is 0 Å². The van der Waals surface area contributed by atoms with E-state index in [1.54, 1.807) is 0 Å². The summed E-state index contributed by atoms with van der Waals surface area (Å²) in [6.45, 7) is 0. The summed E-state index contributed by atoms with van der Waals surface area (Å²) >= 11 is 0. The van der Waals surface area contributed by atoms with Crippen molar-refractivity contribution in [3.63, 3.8) is 0 Å². The van der Waals surface area contributed by atoms with Crippen LogP contribution < -0.4 is 9.80 Å². The van der Waals surface area contributed by atoms with Crippen molar-refractivity contribution in [3.8, 4) is 89.0 Å². The highest BCUT2D eigenvalue weighted by Gasteiger charge is 2.39. The van der Waals surface area contributed by atoms with Gasteiger partial charge in [-0.05, 0) is 208 Å². The zero-order valence-corrected chi connectivity index (χ0v) is 54.8. The summed E-state index contributed by atoms with van der Waals surface area (Å²) in [5.74, 6) is 0. The summed E-state index contributed by atoms with van der Waals surface area (Å²) in [7, 11) is 0. The molecule has 0 aliphatic carbocycles. The maximum Gasteiger partial charge on any atom is 0.0701 e. The molecule has 0 atom stereocenters. The Bertz CT molecular complexity index is 4810. The van der Waals surface area contributed by atoms with Gasteiger partial charge in [-0.15, -0.1) is 0 Å². The molecule has 0 saturated heterocycles. The van der Waals surface area contributed by atoms with Crippen LogP contribution in [0.15, 0.2) is 425 Å². The minimum absolute atomic E-state index is 0.754. The molecule has 0 heterocycles. The highest BCUT2D eigenvalue weighted by molar-refractivity contribution is 5.87. The molecule has 0 unspecified atom stereocenters. The van der Waals surface area contributed by atoms with E-state index in [0.29, 0.717) is 0 Å². The molecule has 16 aromatic rings. The van der Waals surface area contributed by atoms with Crippen molar-refractivity contribution in [3.05, 3.63) is 447 Å². The second-order valence-electron chi connectivity index (χ2n) is 25.2. The Labute approximate surface area is 581 Å². The summed E-state index contributed by atoms with van der Waals surface area (Å²) in [4.78, 5) is 4.83. The van der Waals surface area contributed by atoms with Crippen LogP contribution in [0.1, 0.15) is 22.3 Å². The SMILES string of the molecule is c1ccc(-c2cccc(-c3cccc(N(c4ccc(C(c5ccccc5)(c5ccccc5)c5ccc(N(c6cccc(-c7cccc(-c8ccccc8)c7)c6)c6cccc(-c7cccc(-c8ccccc8)c7)c6)cc5)cc4)c4cccc(-c5cccc(-c6ccccc6)c5)c4)c3)c2)cc1. The van der Waals surface area contributed by atoms with Gasteiger partial charge in [0.1, 0.15) is 0 Å². The Morgan fingerprint density at radius 2 is 0.293 bits per heavy atom. The van der Waals surface area contributed by atoms with Crippen LogP contribution in [0.25, 0.3) is 89.0 Å². The van der Waals surface area contributed by atoms with E-state index >= 15 is 0 Å². The fourth-order valence-electron chi connectivity index (χ4n) is 14.3. The van der Waals surface area contributed by atoms with E-state index < -0.39 is 5.41 Å². The molecule has 2 heteroatoms. The Balaban J connectivity index is 0.828. The summed E-state index contributed by atoms with van der Waals surface area (Å²) in [6.07, 6.45) is 0. The van der Waals surface area contributed by atoms with Crippen molar-refractivity contribution in [2.45, 2.75) is 5.41 Å². The van der Waals surface area contributed by atoms with Gasteiger partial charge in [0.2, 0.25) is 0 Å². The van der Waals surface area contributed by atoms with Gasteiger partial charge >= 0.3 is 0 Å².